The summed E-state index contributed by atoms with van der Waals surface area (Å²) in [6, 6.07) is 10.8. The largest absolute Gasteiger partial charge is 0.261 e. The Bertz CT molecular complexity index is 542. The fraction of sp³-hybridized carbons (Fsp3) is 0.571. The fourth-order valence-electron chi connectivity index (χ4n) is 3.17. The molecule has 2 rings (SSSR count). The van der Waals surface area contributed by atoms with Crippen molar-refractivity contribution in [2.75, 3.05) is 0 Å². The van der Waals surface area contributed by atoms with Gasteiger partial charge in [-0.2, -0.15) is 4.57 Å². The molecule has 1 aromatic heterocycles. The molecule has 0 radical (unpaired) electrons. The van der Waals surface area contributed by atoms with Crippen LogP contribution in [-0.2, 0) is 13.0 Å². The first-order valence-corrected chi connectivity index (χ1v) is 9.52. The first-order chi connectivity index (χ1) is 11.4. The van der Waals surface area contributed by atoms with Crippen molar-refractivity contribution in [1.29, 1.82) is 0 Å². The third-order valence-corrected chi connectivity index (χ3v) is 4.55. The van der Waals surface area contributed by atoms with Gasteiger partial charge >= 0.3 is 0 Å². The molecule has 1 heterocycles. The van der Waals surface area contributed by atoms with E-state index >= 15 is 0 Å². The third-order valence-electron chi connectivity index (χ3n) is 4.55. The minimum absolute atomic E-state index is 1.16. The van der Waals surface area contributed by atoms with Crippen molar-refractivity contribution in [3.05, 3.63) is 48.5 Å². The Morgan fingerprint density at radius 1 is 0.826 bits per heavy atom. The number of nitrogens with zero attached hydrogens (tertiary/aromatic N) is 2. The lowest BCUT2D eigenvalue weighted by atomic mass is 10.1. The molecule has 0 fully saturated rings. The average molecular weight is 314 g/mol. The van der Waals surface area contributed by atoms with Crippen LogP contribution in [0.1, 0.15) is 71.0 Å². The van der Waals surface area contributed by atoms with Crippen molar-refractivity contribution >= 4 is 0 Å². The Labute approximate surface area is 142 Å². The Morgan fingerprint density at radius 2 is 1.52 bits per heavy atom. The first-order valence-electron chi connectivity index (χ1n) is 9.52. The molecule has 2 aromatic rings. The highest BCUT2D eigenvalue weighted by atomic mass is 15.1. The van der Waals surface area contributed by atoms with Gasteiger partial charge in [0.2, 0.25) is 0 Å². The van der Waals surface area contributed by atoms with Gasteiger partial charge in [-0.15, -0.1) is 0 Å². The first kappa shape index (κ1) is 17.8. The van der Waals surface area contributed by atoms with Crippen molar-refractivity contribution < 1.29 is 4.57 Å². The summed E-state index contributed by atoms with van der Waals surface area (Å²) >= 11 is 0. The summed E-state index contributed by atoms with van der Waals surface area (Å²) in [6.45, 7) is 5.71. The minimum Gasteiger partial charge on any atom is -0.234 e. The number of para-hydroxylation sites is 1. The maximum atomic E-state index is 2.48. The van der Waals surface area contributed by atoms with E-state index in [0.29, 0.717) is 0 Å². The summed E-state index contributed by atoms with van der Waals surface area (Å²) in [7, 11) is 0. The van der Waals surface area contributed by atoms with E-state index < -0.39 is 0 Å². The van der Waals surface area contributed by atoms with E-state index in [9.17, 15) is 0 Å². The Kier molecular flexibility index (Phi) is 7.92. The van der Waals surface area contributed by atoms with Crippen LogP contribution in [0.4, 0.5) is 0 Å². The molecule has 0 saturated heterocycles. The van der Waals surface area contributed by atoms with Crippen LogP contribution in [0.5, 0.6) is 0 Å². The molecule has 1 aromatic carbocycles. The number of hydrogen-bond donors (Lipinski definition) is 0. The van der Waals surface area contributed by atoms with E-state index in [-0.39, 0.29) is 0 Å². The topological polar surface area (TPSA) is 8.81 Å². The molecule has 2 nitrogen and oxygen atoms in total. The molecule has 0 aliphatic heterocycles. The van der Waals surface area contributed by atoms with Crippen LogP contribution in [0.15, 0.2) is 42.7 Å². The van der Waals surface area contributed by atoms with Gasteiger partial charge in [-0.25, -0.2) is 4.57 Å². The van der Waals surface area contributed by atoms with Crippen molar-refractivity contribution in [2.24, 2.45) is 0 Å². The second-order valence-electron chi connectivity index (χ2n) is 6.48. The molecular formula is C21H33N2+. The molecule has 0 amide bonds. The summed E-state index contributed by atoms with van der Waals surface area (Å²) in [5.74, 6) is 1.46. The van der Waals surface area contributed by atoms with Gasteiger partial charge in [0, 0.05) is 6.42 Å². The van der Waals surface area contributed by atoms with Crippen LogP contribution in [0.25, 0.3) is 5.69 Å². The molecule has 0 saturated carbocycles. The highest BCUT2D eigenvalue weighted by Crippen LogP contribution is 2.13. The van der Waals surface area contributed by atoms with Crippen LogP contribution in [0.2, 0.25) is 0 Å². The fourth-order valence-corrected chi connectivity index (χ4v) is 3.17. The molecule has 0 aliphatic carbocycles. The highest BCUT2D eigenvalue weighted by Gasteiger charge is 2.17. The molecule has 126 valence electrons. The van der Waals surface area contributed by atoms with Gasteiger partial charge in [0.05, 0.1) is 6.54 Å². The van der Waals surface area contributed by atoms with Crippen LogP contribution < -0.4 is 4.57 Å². The van der Waals surface area contributed by atoms with Gasteiger partial charge in [-0.1, -0.05) is 64.2 Å². The molecule has 0 spiro atoms. The molecule has 0 aliphatic rings. The lowest BCUT2D eigenvalue weighted by molar-refractivity contribution is -0.704. The Hall–Kier alpha value is -1.57. The number of rotatable bonds is 11. The second-order valence-corrected chi connectivity index (χ2v) is 6.48. The van der Waals surface area contributed by atoms with Gasteiger partial charge in [-0.3, -0.25) is 0 Å². The SMILES string of the molecule is CCCCCCc1n(-c2ccccc2)cc[n+]1CCCCCC. The number of imidazole rings is 1. The van der Waals surface area contributed by atoms with Crippen molar-refractivity contribution in [3.8, 4) is 5.69 Å². The summed E-state index contributed by atoms with van der Waals surface area (Å²) in [6.07, 6.45) is 16.3. The van der Waals surface area contributed by atoms with Crippen LogP contribution in [0.3, 0.4) is 0 Å². The van der Waals surface area contributed by atoms with Crippen LogP contribution >= 0.6 is 0 Å². The van der Waals surface area contributed by atoms with Crippen LogP contribution in [0, 0.1) is 0 Å². The molecule has 0 N–H and O–H groups in total. The number of unbranched alkanes of at least 4 members (excludes halogenated alkanes) is 6. The summed E-state index contributed by atoms with van der Waals surface area (Å²) in [5.41, 5.74) is 1.28. The van der Waals surface area contributed by atoms with Gasteiger partial charge in [0.25, 0.3) is 5.82 Å². The van der Waals surface area contributed by atoms with Crippen molar-refractivity contribution in [3.63, 3.8) is 0 Å². The predicted octanol–water partition coefficient (Wildman–Crippen LogP) is 5.47. The third kappa shape index (κ3) is 5.53. The van der Waals surface area contributed by atoms with Gasteiger partial charge in [0.1, 0.15) is 18.1 Å². The zero-order valence-electron chi connectivity index (χ0n) is 15.0. The standard InChI is InChI=1S/C21H33N2/c1-3-5-7-12-16-21-22(17-13-8-6-4-2)18-19-23(21)20-14-10-9-11-15-20/h9-11,14-15,18-19H,3-8,12-13,16-17H2,1-2H3/q+1. The van der Waals surface area contributed by atoms with E-state index in [1.165, 1.54) is 69.3 Å². The van der Waals surface area contributed by atoms with Gasteiger partial charge in [0.15, 0.2) is 0 Å². The van der Waals surface area contributed by atoms with Crippen molar-refractivity contribution in [1.82, 2.24) is 4.57 Å². The lowest BCUT2D eigenvalue weighted by Crippen LogP contribution is -2.37. The van der Waals surface area contributed by atoms with E-state index in [4.69, 9.17) is 0 Å². The van der Waals surface area contributed by atoms with Gasteiger partial charge < -0.3 is 0 Å². The monoisotopic (exact) mass is 313 g/mol. The maximum absolute atomic E-state index is 2.48. The molecule has 23 heavy (non-hydrogen) atoms. The maximum Gasteiger partial charge on any atom is 0.261 e. The molecular weight excluding hydrogens is 280 g/mol. The predicted molar refractivity (Wildman–Crippen MR) is 98.0 cm³/mol. The van der Waals surface area contributed by atoms with Crippen LogP contribution in [-0.4, -0.2) is 4.57 Å². The number of aromatic nitrogens is 2. The molecule has 2 heteroatoms. The quantitative estimate of drug-likeness (QED) is 0.384. The van der Waals surface area contributed by atoms with E-state index in [1.807, 2.05) is 0 Å². The molecule has 0 atom stereocenters. The summed E-state index contributed by atoms with van der Waals surface area (Å²) in [4.78, 5) is 0. The second kappa shape index (κ2) is 10.3. The zero-order chi connectivity index (χ0) is 16.3. The van der Waals surface area contributed by atoms with Gasteiger partial charge in [-0.05, 0) is 31.4 Å². The highest BCUT2D eigenvalue weighted by molar-refractivity contribution is 5.31. The molecule has 0 bridgehead atoms. The smallest absolute Gasteiger partial charge is 0.234 e. The zero-order valence-corrected chi connectivity index (χ0v) is 15.0. The summed E-state index contributed by atoms with van der Waals surface area (Å²) in [5, 5.41) is 0. The Balaban J connectivity index is 2.09. The number of aryl methyl sites for hydroxylation is 1. The summed E-state index contributed by atoms with van der Waals surface area (Å²) < 4.78 is 4.86. The normalized spacial score (nSPS) is 11.0. The molecule has 0 unspecified atom stereocenters. The number of hydrogen-bond acceptors (Lipinski definition) is 0. The minimum atomic E-state index is 1.16. The average Bonchev–Trinajstić information content (AvgIpc) is 2.99. The van der Waals surface area contributed by atoms with E-state index in [0.717, 1.165) is 6.54 Å². The lowest BCUT2D eigenvalue weighted by Gasteiger charge is -2.05. The Morgan fingerprint density at radius 3 is 2.22 bits per heavy atom. The van der Waals surface area contributed by atoms with E-state index in [2.05, 4.69) is 65.7 Å². The van der Waals surface area contributed by atoms with E-state index in [1.54, 1.807) is 0 Å². The van der Waals surface area contributed by atoms with Crippen molar-refractivity contribution in [2.45, 2.75) is 78.2 Å². The number of benzene rings is 1.